The molecular formula is C15H16N2O2. The van der Waals surface area contributed by atoms with Crippen LogP contribution in [0.4, 0.5) is 5.69 Å². The highest BCUT2D eigenvalue weighted by molar-refractivity contribution is 6.04. The monoisotopic (exact) mass is 256 g/mol. The van der Waals surface area contributed by atoms with Crippen LogP contribution in [0, 0.1) is 6.92 Å². The first kappa shape index (κ1) is 13.2. The number of carbonyl (C=O) groups excluding carboxylic acids is 1. The summed E-state index contributed by atoms with van der Waals surface area (Å²) in [7, 11) is 0. The van der Waals surface area contributed by atoms with Gasteiger partial charge in [0.1, 0.15) is 0 Å². The number of anilines is 1. The van der Waals surface area contributed by atoms with Crippen LogP contribution in [0.25, 0.3) is 0 Å². The maximum atomic E-state index is 12.0. The lowest BCUT2D eigenvalue weighted by molar-refractivity contribution is 0.102. The van der Waals surface area contributed by atoms with Crippen LogP contribution < -0.4 is 5.32 Å². The molecule has 1 heterocycles. The van der Waals surface area contributed by atoms with Gasteiger partial charge in [0, 0.05) is 18.1 Å². The molecule has 0 saturated carbocycles. The molecule has 0 spiro atoms. The number of aryl methyl sites for hydroxylation is 1. The summed E-state index contributed by atoms with van der Waals surface area (Å²) in [6, 6.07) is 8.93. The van der Waals surface area contributed by atoms with Crippen LogP contribution in [-0.2, 0) is 0 Å². The summed E-state index contributed by atoms with van der Waals surface area (Å²) in [5, 5.41) is 12.3. The van der Waals surface area contributed by atoms with Crippen molar-refractivity contribution in [3.8, 4) is 0 Å². The van der Waals surface area contributed by atoms with Crippen molar-refractivity contribution in [1.82, 2.24) is 4.98 Å². The van der Waals surface area contributed by atoms with E-state index >= 15 is 0 Å². The lowest BCUT2D eigenvalue weighted by atomic mass is 10.1. The topological polar surface area (TPSA) is 62.2 Å². The van der Waals surface area contributed by atoms with Gasteiger partial charge in [-0.3, -0.25) is 9.78 Å². The molecule has 0 bridgehead atoms. The number of aliphatic hydroxyl groups is 1. The Hall–Kier alpha value is -2.20. The van der Waals surface area contributed by atoms with Crippen molar-refractivity contribution in [2.75, 3.05) is 5.32 Å². The third-order valence-corrected chi connectivity index (χ3v) is 2.76. The van der Waals surface area contributed by atoms with Crippen molar-refractivity contribution in [3.05, 3.63) is 59.4 Å². The summed E-state index contributed by atoms with van der Waals surface area (Å²) in [5.74, 6) is -0.209. The maximum absolute atomic E-state index is 12.0. The average Bonchev–Trinajstić information content (AvgIpc) is 2.39. The Kier molecular flexibility index (Phi) is 3.92. The Morgan fingerprint density at radius 3 is 2.79 bits per heavy atom. The number of nitrogens with one attached hydrogen (secondary N) is 1. The highest BCUT2D eigenvalue weighted by Gasteiger charge is 2.08. The van der Waals surface area contributed by atoms with Gasteiger partial charge in [-0.15, -0.1) is 0 Å². The van der Waals surface area contributed by atoms with Gasteiger partial charge in [0.05, 0.1) is 11.7 Å². The third-order valence-electron chi connectivity index (χ3n) is 2.76. The molecule has 0 aliphatic heterocycles. The van der Waals surface area contributed by atoms with Gasteiger partial charge in [-0.25, -0.2) is 0 Å². The van der Waals surface area contributed by atoms with Crippen LogP contribution in [0.5, 0.6) is 0 Å². The second-order valence-corrected chi connectivity index (χ2v) is 4.51. The molecule has 2 N–H and O–H groups in total. The highest BCUT2D eigenvalue weighted by Crippen LogP contribution is 2.17. The van der Waals surface area contributed by atoms with Crippen LogP contribution in [0.2, 0.25) is 0 Å². The van der Waals surface area contributed by atoms with E-state index in [1.165, 1.54) is 6.20 Å². The summed E-state index contributed by atoms with van der Waals surface area (Å²) >= 11 is 0. The van der Waals surface area contributed by atoms with Gasteiger partial charge in [-0.1, -0.05) is 12.1 Å². The van der Waals surface area contributed by atoms with E-state index in [4.69, 9.17) is 0 Å². The zero-order chi connectivity index (χ0) is 13.8. The molecule has 1 amide bonds. The molecule has 0 saturated heterocycles. The molecule has 2 rings (SSSR count). The lowest BCUT2D eigenvalue weighted by Gasteiger charge is -2.09. The standard InChI is InChI=1S/C15H16N2O2/c1-10-6-13(9-16-8-10)15(19)17-14-5-3-4-12(7-14)11(2)18/h3-9,11,18H,1-2H3,(H,17,19). The van der Waals surface area contributed by atoms with Crippen LogP contribution in [0.1, 0.15) is 34.5 Å². The molecule has 98 valence electrons. The number of pyridine rings is 1. The molecule has 19 heavy (non-hydrogen) atoms. The molecule has 1 aromatic heterocycles. The third kappa shape index (κ3) is 3.39. The Bertz CT molecular complexity index is 594. The first-order valence-corrected chi connectivity index (χ1v) is 6.07. The van der Waals surface area contributed by atoms with E-state index in [1.54, 1.807) is 37.4 Å². The lowest BCUT2D eigenvalue weighted by Crippen LogP contribution is -2.12. The van der Waals surface area contributed by atoms with Crippen molar-refractivity contribution < 1.29 is 9.90 Å². The number of hydrogen-bond donors (Lipinski definition) is 2. The van der Waals surface area contributed by atoms with E-state index in [9.17, 15) is 9.90 Å². The molecule has 0 radical (unpaired) electrons. The number of aliphatic hydroxyl groups excluding tert-OH is 1. The van der Waals surface area contributed by atoms with Gasteiger partial charge < -0.3 is 10.4 Å². The minimum absolute atomic E-state index is 0.209. The minimum atomic E-state index is -0.558. The van der Waals surface area contributed by atoms with E-state index in [-0.39, 0.29) is 5.91 Å². The second kappa shape index (κ2) is 5.63. The molecule has 0 fully saturated rings. The molecule has 1 atom stereocenters. The molecule has 0 aliphatic rings. The fraction of sp³-hybridized carbons (Fsp3) is 0.200. The first-order chi connectivity index (χ1) is 9.06. The summed E-state index contributed by atoms with van der Waals surface area (Å²) in [5.41, 5.74) is 2.87. The van der Waals surface area contributed by atoms with Crippen LogP contribution in [0.3, 0.4) is 0 Å². The normalized spacial score (nSPS) is 11.9. The number of nitrogens with zero attached hydrogens (tertiary/aromatic N) is 1. The molecule has 0 aliphatic carbocycles. The van der Waals surface area contributed by atoms with Crippen LogP contribution >= 0.6 is 0 Å². The summed E-state index contributed by atoms with van der Waals surface area (Å²) in [6.45, 7) is 3.57. The van der Waals surface area contributed by atoms with E-state index in [0.717, 1.165) is 11.1 Å². The van der Waals surface area contributed by atoms with E-state index in [2.05, 4.69) is 10.3 Å². The number of hydrogen-bond acceptors (Lipinski definition) is 3. The quantitative estimate of drug-likeness (QED) is 0.887. The largest absolute Gasteiger partial charge is 0.389 e. The van der Waals surface area contributed by atoms with Gasteiger partial charge in [-0.05, 0) is 43.2 Å². The smallest absolute Gasteiger partial charge is 0.257 e. The molecular weight excluding hydrogens is 240 g/mol. The van der Waals surface area contributed by atoms with Gasteiger partial charge in [0.25, 0.3) is 5.91 Å². The summed E-state index contributed by atoms with van der Waals surface area (Å²) < 4.78 is 0. The van der Waals surface area contributed by atoms with Crippen molar-refractivity contribution in [2.24, 2.45) is 0 Å². The number of aromatic nitrogens is 1. The number of amides is 1. The number of carbonyl (C=O) groups is 1. The molecule has 4 nitrogen and oxygen atoms in total. The fourth-order valence-electron chi connectivity index (χ4n) is 1.76. The highest BCUT2D eigenvalue weighted by atomic mass is 16.3. The van der Waals surface area contributed by atoms with Crippen LogP contribution in [0.15, 0.2) is 42.7 Å². The predicted molar refractivity (Wildman–Crippen MR) is 74.0 cm³/mol. The number of benzene rings is 1. The van der Waals surface area contributed by atoms with Crippen molar-refractivity contribution in [2.45, 2.75) is 20.0 Å². The SMILES string of the molecule is Cc1cncc(C(=O)Nc2cccc(C(C)O)c2)c1. The van der Waals surface area contributed by atoms with Crippen molar-refractivity contribution >= 4 is 11.6 Å². The zero-order valence-corrected chi connectivity index (χ0v) is 10.9. The van der Waals surface area contributed by atoms with Gasteiger partial charge >= 0.3 is 0 Å². The van der Waals surface area contributed by atoms with E-state index < -0.39 is 6.10 Å². The van der Waals surface area contributed by atoms with E-state index in [1.807, 2.05) is 13.0 Å². The Morgan fingerprint density at radius 1 is 1.32 bits per heavy atom. The zero-order valence-electron chi connectivity index (χ0n) is 10.9. The Labute approximate surface area is 112 Å². The van der Waals surface area contributed by atoms with Gasteiger partial charge in [-0.2, -0.15) is 0 Å². The van der Waals surface area contributed by atoms with Crippen LogP contribution in [-0.4, -0.2) is 16.0 Å². The fourth-order valence-corrected chi connectivity index (χ4v) is 1.76. The Balaban J connectivity index is 2.17. The molecule has 4 heteroatoms. The van der Waals surface area contributed by atoms with Crippen molar-refractivity contribution in [1.29, 1.82) is 0 Å². The maximum Gasteiger partial charge on any atom is 0.257 e. The first-order valence-electron chi connectivity index (χ1n) is 6.07. The summed E-state index contributed by atoms with van der Waals surface area (Å²) in [6.07, 6.45) is 2.67. The van der Waals surface area contributed by atoms with E-state index in [0.29, 0.717) is 11.3 Å². The Morgan fingerprint density at radius 2 is 2.11 bits per heavy atom. The second-order valence-electron chi connectivity index (χ2n) is 4.51. The molecule has 1 aromatic carbocycles. The molecule has 2 aromatic rings. The molecule has 1 unspecified atom stereocenters. The average molecular weight is 256 g/mol. The minimum Gasteiger partial charge on any atom is -0.389 e. The van der Waals surface area contributed by atoms with Crippen molar-refractivity contribution in [3.63, 3.8) is 0 Å². The van der Waals surface area contributed by atoms with Gasteiger partial charge in [0.15, 0.2) is 0 Å². The summed E-state index contributed by atoms with van der Waals surface area (Å²) in [4.78, 5) is 16.0. The predicted octanol–water partition coefficient (Wildman–Crippen LogP) is 2.70. The number of rotatable bonds is 3. The van der Waals surface area contributed by atoms with Gasteiger partial charge in [0.2, 0.25) is 0 Å².